The van der Waals surface area contributed by atoms with Gasteiger partial charge in [-0.15, -0.1) is 0 Å². The number of nitrogens with zero attached hydrogens (tertiary/aromatic N) is 3. The summed E-state index contributed by atoms with van der Waals surface area (Å²) in [5.41, 5.74) is 1.73. The Labute approximate surface area is 148 Å². The first-order valence-corrected chi connectivity index (χ1v) is 7.90. The molecule has 0 bridgehead atoms. The number of fused-ring (bicyclic) bond motifs is 1. The summed E-state index contributed by atoms with van der Waals surface area (Å²) < 4.78 is 1.18. The van der Waals surface area contributed by atoms with E-state index in [0.717, 1.165) is 11.1 Å². The number of hydrogen-bond donors (Lipinski definition) is 1. The van der Waals surface area contributed by atoms with Crippen LogP contribution in [0.1, 0.15) is 11.1 Å². The number of amides is 1. The monoisotopic (exact) mass is 352 g/mol. The van der Waals surface area contributed by atoms with Crippen molar-refractivity contribution in [2.75, 3.05) is 0 Å². The van der Waals surface area contributed by atoms with E-state index in [1.807, 2.05) is 31.2 Å². The minimum absolute atomic E-state index is 0.141. The van der Waals surface area contributed by atoms with E-state index in [1.54, 1.807) is 0 Å². The van der Waals surface area contributed by atoms with Gasteiger partial charge in [-0.3, -0.25) is 24.3 Å². The van der Waals surface area contributed by atoms with Crippen LogP contribution in [0.25, 0.3) is 10.9 Å². The second kappa shape index (κ2) is 7.14. The predicted molar refractivity (Wildman–Crippen MR) is 95.7 cm³/mol. The number of carbonyl (C=O) groups is 1. The molecule has 1 N–H and O–H groups in total. The molecule has 0 unspecified atom stereocenters. The van der Waals surface area contributed by atoms with Crippen LogP contribution in [0.3, 0.4) is 0 Å². The first-order chi connectivity index (χ1) is 12.5. The van der Waals surface area contributed by atoms with Gasteiger partial charge in [-0.25, -0.2) is 4.98 Å². The Morgan fingerprint density at radius 1 is 1.27 bits per heavy atom. The van der Waals surface area contributed by atoms with Gasteiger partial charge in [0.1, 0.15) is 6.54 Å². The molecule has 0 saturated carbocycles. The fourth-order valence-electron chi connectivity index (χ4n) is 2.59. The quantitative estimate of drug-likeness (QED) is 0.558. The van der Waals surface area contributed by atoms with Crippen LogP contribution in [-0.4, -0.2) is 20.4 Å². The second-order valence-electron chi connectivity index (χ2n) is 5.84. The van der Waals surface area contributed by atoms with Crippen molar-refractivity contribution in [1.29, 1.82) is 0 Å². The van der Waals surface area contributed by atoms with Gasteiger partial charge < -0.3 is 5.32 Å². The second-order valence-corrected chi connectivity index (χ2v) is 5.84. The number of non-ortho nitro benzene ring substituents is 1. The standard InChI is InChI=1S/C18H16N4O4/c1-12-4-2-3-5-13(12)9-19-17(23)10-21-11-20-16-8-14(22(25)26)6-7-15(16)18(21)24/h2-8,11H,9-10H2,1H3,(H,19,23). The summed E-state index contributed by atoms with van der Waals surface area (Å²) in [7, 11) is 0. The van der Waals surface area contributed by atoms with E-state index < -0.39 is 10.5 Å². The van der Waals surface area contributed by atoms with Crippen LogP contribution >= 0.6 is 0 Å². The molecule has 0 atom stereocenters. The molecule has 132 valence electrons. The lowest BCUT2D eigenvalue weighted by Crippen LogP contribution is -2.32. The number of rotatable bonds is 5. The zero-order valence-corrected chi connectivity index (χ0v) is 14.0. The molecule has 26 heavy (non-hydrogen) atoms. The van der Waals surface area contributed by atoms with Crippen LogP contribution < -0.4 is 10.9 Å². The van der Waals surface area contributed by atoms with Gasteiger partial charge in [-0.05, 0) is 24.1 Å². The number of nitro groups is 1. The Morgan fingerprint density at radius 2 is 2.04 bits per heavy atom. The number of hydrogen-bond acceptors (Lipinski definition) is 5. The fourth-order valence-corrected chi connectivity index (χ4v) is 2.59. The Bertz CT molecular complexity index is 1060. The van der Waals surface area contributed by atoms with Gasteiger partial charge in [0.2, 0.25) is 5.91 Å². The van der Waals surface area contributed by atoms with Gasteiger partial charge in [0.05, 0.1) is 22.2 Å². The van der Waals surface area contributed by atoms with Crippen molar-refractivity contribution in [3.8, 4) is 0 Å². The number of nitro benzene ring substituents is 1. The Balaban J connectivity index is 1.76. The molecule has 8 nitrogen and oxygen atoms in total. The van der Waals surface area contributed by atoms with Crippen molar-refractivity contribution in [2.45, 2.75) is 20.0 Å². The van der Waals surface area contributed by atoms with Crippen molar-refractivity contribution < 1.29 is 9.72 Å². The largest absolute Gasteiger partial charge is 0.350 e. The molecule has 0 aliphatic rings. The van der Waals surface area contributed by atoms with Crippen molar-refractivity contribution in [1.82, 2.24) is 14.9 Å². The van der Waals surface area contributed by atoms with E-state index in [4.69, 9.17) is 0 Å². The molecule has 0 aliphatic heterocycles. The molecule has 0 saturated heterocycles. The number of carbonyl (C=O) groups excluding carboxylic acids is 1. The molecular formula is C18H16N4O4. The lowest BCUT2D eigenvalue weighted by molar-refractivity contribution is -0.384. The highest BCUT2D eigenvalue weighted by atomic mass is 16.6. The van der Waals surface area contributed by atoms with E-state index in [2.05, 4.69) is 10.3 Å². The van der Waals surface area contributed by atoms with Gasteiger partial charge in [-0.1, -0.05) is 24.3 Å². The number of benzene rings is 2. The molecule has 1 aromatic heterocycles. The molecule has 0 fully saturated rings. The van der Waals surface area contributed by atoms with Crippen molar-refractivity contribution in [2.24, 2.45) is 0 Å². The minimum Gasteiger partial charge on any atom is -0.350 e. The third kappa shape index (κ3) is 3.59. The molecular weight excluding hydrogens is 336 g/mol. The van der Waals surface area contributed by atoms with Crippen LogP contribution in [0.5, 0.6) is 0 Å². The van der Waals surface area contributed by atoms with Crippen LogP contribution in [0.15, 0.2) is 53.6 Å². The van der Waals surface area contributed by atoms with Crippen LogP contribution in [0.4, 0.5) is 5.69 Å². The average Bonchev–Trinajstić information content (AvgIpc) is 2.63. The Kier molecular flexibility index (Phi) is 4.74. The lowest BCUT2D eigenvalue weighted by atomic mass is 10.1. The topological polar surface area (TPSA) is 107 Å². The van der Waals surface area contributed by atoms with Crippen LogP contribution in [0.2, 0.25) is 0 Å². The maximum absolute atomic E-state index is 12.4. The molecule has 1 amide bonds. The minimum atomic E-state index is -0.550. The molecule has 0 aliphatic carbocycles. The highest BCUT2D eigenvalue weighted by Crippen LogP contribution is 2.16. The molecule has 0 spiro atoms. The molecule has 3 rings (SSSR count). The van der Waals surface area contributed by atoms with Gasteiger partial charge in [0.25, 0.3) is 11.2 Å². The highest BCUT2D eigenvalue weighted by molar-refractivity contribution is 5.80. The third-order valence-electron chi connectivity index (χ3n) is 4.07. The summed E-state index contributed by atoms with van der Waals surface area (Å²) >= 11 is 0. The molecule has 0 radical (unpaired) electrons. The van der Waals surface area contributed by atoms with Gasteiger partial charge in [0, 0.05) is 18.7 Å². The molecule has 2 aromatic carbocycles. The zero-order chi connectivity index (χ0) is 18.7. The van der Waals surface area contributed by atoms with E-state index in [-0.39, 0.29) is 29.0 Å². The van der Waals surface area contributed by atoms with Gasteiger partial charge in [0.15, 0.2) is 0 Å². The van der Waals surface area contributed by atoms with Gasteiger partial charge >= 0.3 is 0 Å². The summed E-state index contributed by atoms with van der Waals surface area (Å²) in [5, 5.41) is 13.8. The SMILES string of the molecule is Cc1ccccc1CNC(=O)Cn1cnc2cc([N+](=O)[O-])ccc2c1=O. The van der Waals surface area contributed by atoms with E-state index in [1.165, 1.54) is 29.1 Å². The summed E-state index contributed by atoms with van der Waals surface area (Å²) in [6.45, 7) is 2.15. The Hall–Kier alpha value is -3.55. The summed E-state index contributed by atoms with van der Waals surface area (Å²) in [5.74, 6) is -0.321. The number of aromatic nitrogens is 2. The van der Waals surface area contributed by atoms with E-state index >= 15 is 0 Å². The third-order valence-corrected chi connectivity index (χ3v) is 4.07. The summed E-state index contributed by atoms with van der Waals surface area (Å²) in [4.78, 5) is 38.9. The smallest absolute Gasteiger partial charge is 0.271 e. The summed E-state index contributed by atoms with van der Waals surface area (Å²) in [6.07, 6.45) is 1.22. The average molecular weight is 352 g/mol. The maximum Gasteiger partial charge on any atom is 0.271 e. The van der Waals surface area contributed by atoms with Crippen molar-refractivity contribution in [3.63, 3.8) is 0 Å². The molecule has 1 heterocycles. The van der Waals surface area contributed by atoms with Crippen LogP contribution in [0, 0.1) is 17.0 Å². The van der Waals surface area contributed by atoms with Crippen molar-refractivity contribution >= 4 is 22.5 Å². The van der Waals surface area contributed by atoms with Crippen LogP contribution in [-0.2, 0) is 17.9 Å². The fraction of sp³-hybridized carbons (Fsp3) is 0.167. The maximum atomic E-state index is 12.4. The van der Waals surface area contributed by atoms with Gasteiger partial charge in [-0.2, -0.15) is 0 Å². The van der Waals surface area contributed by atoms with E-state index in [9.17, 15) is 19.7 Å². The number of aryl methyl sites for hydroxylation is 1. The molecule has 8 heteroatoms. The predicted octanol–water partition coefficient (Wildman–Crippen LogP) is 1.93. The summed E-state index contributed by atoms with van der Waals surface area (Å²) in [6, 6.07) is 11.5. The highest BCUT2D eigenvalue weighted by Gasteiger charge is 2.12. The lowest BCUT2D eigenvalue weighted by Gasteiger charge is -2.09. The first-order valence-electron chi connectivity index (χ1n) is 7.90. The zero-order valence-electron chi connectivity index (χ0n) is 14.0. The first kappa shape index (κ1) is 17.3. The number of nitrogens with one attached hydrogen (secondary N) is 1. The normalized spacial score (nSPS) is 10.7. The Morgan fingerprint density at radius 3 is 2.77 bits per heavy atom. The van der Waals surface area contributed by atoms with Crippen molar-refractivity contribution in [3.05, 3.63) is 80.4 Å². The van der Waals surface area contributed by atoms with E-state index in [0.29, 0.717) is 6.54 Å². The molecule has 3 aromatic rings.